The topological polar surface area (TPSA) is 12.0 Å². The molecule has 108 valence electrons. The maximum absolute atomic E-state index is 12.7. The summed E-state index contributed by atoms with van der Waals surface area (Å²) in [4.78, 5) is 0. The Balaban J connectivity index is 2.94. The monoisotopic (exact) mass is 273 g/mol. The van der Waals surface area contributed by atoms with Crippen molar-refractivity contribution in [1.82, 2.24) is 5.32 Å². The van der Waals surface area contributed by atoms with E-state index in [0.29, 0.717) is 5.92 Å². The normalized spacial score (nSPS) is 13.8. The zero-order chi connectivity index (χ0) is 14.5. The van der Waals surface area contributed by atoms with Gasteiger partial charge in [0.15, 0.2) is 0 Å². The summed E-state index contributed by atoms with van der Waals surface area (Å²) in [5.41, 5.74) is 0.147. The van der Waals surface area contributed by atoms with Gasteiger partial charge in [0.2, 0.25) is 0 Å². The molecule has 0 spiro atoms. The molecule has 0 fully saturated rings. The molecule has 0 saturated carbocycles. The van der Waals surface area contributed by atoms with Crippen molar-refractivity contribution in [3.05, 3.63) is 35.4 Å². The van der Waals surface area contributed by atoms with E-state index in [-0.39, 0.29) is 6.04 Å². The van der Waals surface area contributed by atoms with Crippen LogP contribution in [0.25, 0.3) is 0 Å². The Morgan fingerprint density at radius 3 is 2.42 bits per heavy atom. The van der Waals surface area contributed by atoms with E-state index in [9.17, 15) is 13.2 Å². The molecule has 0 saturated heterocycles. The lowest BCUT2D eigenvalue weighted by Crippen LogP contribution is -2.24. The molecule has 0 heterocycles. The molecular weight excluding hydrogens is 251 g/mol. The summed E-state index contributed by atoms with van der Waals surface area (Å²) in [6, 6.07) is 5.62. The number of halogens is 3. The van der Waals surface area contributed by atoms with E-state index in [2.05, 4.69) is 19.2 Å². The molecule has 1 aromatic rings. The van der Waals surface area contributed by atoms with Crippen molar-refractivity contribution in [3.8, 4) is 0 Å². The summed E-state index contributed by atoms with van der Waals surface area (Å²) in [5.74, 6) is 0.434. The Hall–Kier alpha value is -1.03. The van der Waals surface area contributed by atoms with Crippen LogP contribution in [0.5, 0.6) is 0 Å². The molecule has 1 atom stereocenters. The van der Waals surface area contributed by atoms with Gasteiger partial charge in [-0.3, -0.25) is 0 Å². The maximum atomic E-state index is 12.7. The Morgan fingerprint density at radius 1 is 1.21 bits per heavy atom. The molecular formula is C15H22F3N. The fraction of sp³-hybridized carbons (Fsp3) is 0.600. The number of hydrogen-bond acceptors (Lipinski definition) is 1. The second-order valence-corrected chi connectivity index (χ2v) is 5.26. The van der Waals surface area contributed by atoms with Crippen molar-refractivity contribution in [2.45, 2.75) is 45.8 Å². The van der Waals surface area contributed by atoms with Crippen LogP contribution in [0.2, 0.25) is 0 Å². The minimum atomic E-state index is -4.27. The highest BCUT2D eigenvalue weighted by molar-refractivity contribution is 5.28. The van der Waals surface area contributed by atoms with E-state index in [4.69, 9.17) is 0 Å². The Kier molecular flexibility index (Phi) is 5.85. The second-order valence-electron chi connectivity index (χ2n) is 5.26. The Labute approximate surface area is 113 Å². The highest BCUT2D eigenvalue weighted by Crippen LogP contribution is 2.31. The van der Waals surface area contributed by atoms with E-state index >= 15 is 0 Å². The van der Waals surface area contributed by atoms with E-state index < -0.39 is 11.7 Å². The highest BCUT2D eigenvalue weighted by atomic mass is 19.4. The average Bonchev–Trinajstić information content (AvgIpc) is 2.33. The summed E-state index contributed by atoms with van der Waals surface area (Å²) < 4.78 is 38.2. The second kappa shape index (κ2) is 6.94. The van der Waals surface area contributed by atoms with Crippen molar-refractivity contribution in [1.29, 1.82) is 0 Å². The smallest absolute Gasteiger partial charge is 0.310 e. The molecule has 1 rings (SSSR count). The number of alkyl halides is 3. The average molecular weight is 273 g/mol. The van der Waals surface area contributed by atoms with Crippen molar-refractivity contribution >= 4 is 0 Å². The number of nitrogens with one attached hydrogen (secondary N) is 1. The number of benzene rings is 1. The minimum absolute atomic E-state index is 0.0118. The largest absolute Gasteiger partial charge is 0.416 e. The number of hydrogen-bond donors (Lipinski definition) is 1. The molecule has 0 aliphatic rings. The molecule has 0 aliphatic heterocycles. The molecule has 0 amide bonds. The van der Waals surface area contributed by atoms with Crippen LogP contribution >= 0.6 is 0 Å². The molecule has 1 aromatic carbocycles. The van der Waals surface area contributed by atoms with Gasteiger partial charge in [-0.15, -0.1) is 0 Å². The van der Waals surface area contributed by atoms with Crippen LogP contribution < -0.4 is 5.32 Å². The third kappa shape index (κ3) is 5.23. The maximum Gasteiger partial charge on any atom is 0.416 e. The molecule has 1 N–H and O–H groups in total. The fourth-order valence-corrected chi connectivity index (χ4v) is 2.06. The first kappa shape index (κ1) is 16.0. The van der Waals surface area contributed by atoms with Gasteiger partial charge in [0.05, 0.1) is 5.56 Å². The quantitative estimate of drug-likeness (QED) is 0.785. The molecule has 19 heavy (non-hydrogen) atoms. The number of rotatable bonds is 6. The summed E-state index contributed by atoms with van der Waals surface area (Å²) in [7, 11) is 0. The van der Waals surface area contributed by atoms with Gasteiger partial charge in [-0.05, 0) is 43.0 Å². The standard InChI is InChI=1S/C15H22F3N/c1-4-8-19-14(9-11(2)3)12-6-5-7-13(10-12)15(16,17)18/h5-7,10-11,14,19H,4,8-9H2,1-3H3. The third-order valence-electron chi connectivity index (χ3n) is 2.96. The molecule has 1 nitrogen and oxygen atoms in total. The molecule has 0 aliphatic carbocycles. The predicted octanol–water partition coefficient (Wildman–Crippen LogP) is 4.79. The van der Waals surface area contributed by atoms with E-state index in [0.717, 1.165) is 31.0 Å². The van der Waals surface area contributed by atoms with Gasteiger partial charge in [0.1, 0.15) is 0 Å². The highest BCUT2D eigenvalue weighted by Gasteiger charge is 2.30. The lowest BCUT2D eigenvalue weighted by molar-refractivity contribution is -0.137. The first-order valence-electron chi connectivity index (χ1n) is 6.75. The minimum Gasteiger partial charge on any atom is -0.310 e. The van der Waals surface area contributed by atoms with Gasteiger partial charge in [0, 0.05) is 6.04 Å². The van der Waals surface area contributed by atoms with Crippen molar-refractivity contribution in [2.75, 3.05) is 6.54 Å². The molecule has 0 bridgehead atoms. The van der Waals surface area contributed by atoms with Crippen LogP contribution in [0.4, 0.5) is 13.2 Å². The van der Waals surface area contributed by atoms with Gasteiger partial charge in [-0.2, -0.15) is 13.2 Å². The summed E-state index contributed by atoms with van der Waals surface area (Å²) >= 11 is 0. The Bertz CT molecular complexity index is 385. The van der Waals surface area contributed by atoms with Gasteiger partial charge < -0.3 is 5.32 Å². The van der Waals surface area contributed by atoms with Gasteiger partial charge in [0.25, 0.3) is 0 Å². The molecule has 1 unspecified atom stereocenters. The fourth-order valence-electron chi connectivity index (χ4n) is 2.06. The van der Waals surface area contributed by atoms with E-state index in [1.54, 1.807) is 6.07 Å². The van der Waals surface area contributed by atoms with Gasteiger partial charge >= 0.3 is 6.18 Å². The molecule has 4 heteroatoms. The summed E-state index contributed by atoms with van der Waals surface area (Å²) in [6.45, 7) is 7.02. The van der Waals surface area contributed by atoms with Crippen LogP contribution in [0, 0.1) is 5.92 Å². The zero-order valence-corrected chi connectivity index (χ0v) is 11.7. The van der Waals surface area contributed by atoms with E-state index in [1.165, 1.54) is 12.1 Å². The summed E-state index contributed by atoms with van der Waals surface area (Å²) in [6.07, 6.45) is -2.47. The predicted molar refractivity (Wildman–Crippen MR) is 71.9 cm³/mol. The van der Waals surface area contributed by atoms with Crippen LogP contribution in [0.1, 0.15) is 50.8 Å². The molecule has 0 radical (unpaired) electrons. The van der Waals surface area contributed by atoms with Crippen molar-refractivity contribution in [2.24, 2.45) is 5.92 Å². The van der Waals surface area contributed by atoms with Gasteiger partial charge in [-0.25, -0.2) is 0 Å². The van der Waals surface area contributed by atoms with Crippen molar-refractivity contribution < 1.29 is 13.2 Å². The van der Waals surface area contributed by atoms with Crippen LogP contribution in [0.15, 0.2) is 24.3 Å². The van der Waals surface area contributed by atoms with Crippen LogP contribution in [-0.4, -0.2) is 6.54 Å². The Morgan fingerprint density at radius 2 is 1.89 bits per heavy atom. The van der Waals surface area contributed by atoms with E-state index in [1.807, 2.05) is 6.92 Å². The van der Waals surface area contributed by atoms with Crippen LogP contribution in [-0.2, 0) is 6.18 Å². The molecule has 0 aromatic heterocycles. The lowest BCUT2D eigenvalue weighted by atomic mass is 9.95. The van der Waals surface area contributed by atoms with Gasteiger partial charge in [-0.1, -0.05) is 32.9 Å². The summed E-state index contributed by atoms with van der Waals surface area (Å²) in [5, 5.41) is 3.33. The van der Waals surface area contributed by atoms with Crippen LogP contribution in [0.3, 0.4) is 0 Å². The third-order valence-corrected chi connectivity index (χ3v) is 2.96. The first-order chi connectivity index (χ1) is 8.84. The SMILES string of the molecule is CCCNC(CC(C)C)c1cccc(C(F)(F)F)c1. The lowest BCUT2D eigenvalue weighted by Gasteiger charge is -2.22. The zero-order valence-electron chi connectivity index (χ0n) is 11.7. The van der Waals surface area contributed by atoms with Crippen molar-refractivity contribution in [3.63, 3.8) is 0 Å². The first-order valence-corrected chi connectivity index (χ1v) is 6.75.